The number of hydrogen-bond acceptors (Lipinski definition) is 1. The SMILES string of the molecule is CC(C)C1CCCC(O)(Cc2c(F)cccc2Cl)C1. The van der Waals surface area contributed by atoms with Gasteiger partial charge in [-0.1, -0.05) is 37.9 Å². The van der Waals surface area contributed by atoms with E-state index in [4.69, 9.17) is 11.6 Å². The van der Waals surface area contributed by atoms with E-state index in [1.54, 1.807) is 12.1 Å². The largest absolute Gasteiger partial charge is 0.390 e. The molecular weight excluding hydrogens is 263 g/mol. The first kappa shape index (κ1) is 14.8. The van der Waals surface area contributed by atoms with Crippen molar-refractivity contribution in [1.29, 1.82) is 0 Å². The predicted octanol–water partition coefficient (Wildman–Crippen LogP) is 4.60. The first-order valence-electron chi connectivity index (χ1n) is 7.06. The van der Waals surface area contributed by atoms with Crippen LogP contribution < -0.4 is 0 Å². The lowest BCUT2D eigenvalue weighted by Crippen LogP contribution is -2.39. The number of hydrogen-bond donors (Lipinski definition) is 1. The number of aliphatic hydroxyl groups is 1. The van der Waals surface area contributed by atoms with Gasteiger partial charge >= 0.3 is 0 Å². The van der Waals surface area contributed by atoms with Crippen molar-refractivity contribution in [2.75, 3.05) is 0 Å². The third-order valence-electron chi connectivity index (χ3n) is 4.37. The highest BCUT2D eigenvalue weighted by atomic mass is 35.5. The lowest BCUT2D eigenvalue weighted by atomic mass is 9.71. The fourth-order valence-corrected chi connectivity index (χ4v) is 3.38. The average molecular weight is 285 g/mol. The van der Waals surface area contributed by atoms with Gasteiger partial charge in [0.1, 0.15) is 5.82 Å². The molecule has 1 fully saturated rings. The fourth-order valence-electron chi connectivity index (χ4n) is 3.15. The van der Waals surface area contributed by atoms with Crippen LogP contribution in [-0.4, -0.2) is 10.7 Å². The standard InChI is InChI=1S/C16H22ClFO/c1-11(2)12-5-4-8-16(19,9-12)10-13-14(17)6-3-7-15(13)18/h3,6-7,11-12,19H,4-5,8-10H2,1-2H3. The fraction of sp³-hybridized carbons (Fsp3) is 0.625. The van der Waals surface area contributed by atoms with Crippen molar-refractivity contribution in [3.63, 3.8) is 0 Å². The molecule has 1 aliphatic rings. The molecular formula is C16H22ClFO. The molecule has 0 heterocycles. The maximum atomic E-state index is 13.8. The van der Waals surface area contributed by atoms with Gasteiger partial charge in [0, 0.05) is 17.0 Å². The van der Waals surface area contributed by atoms with E-state index in [-0.39, 0.29) is 5.82 Å². The van der Waals surface area contributed by atoms with Gasteiger partial charge in [0.2, 0.25) is 0 Å². The minimum atomic E-state index is -0.807. The molecule has 0 amide bonds. The van der Waals surface area contributed by atoms with Gasteiger partial charge in [-0.3, -0.25) is 0 Å². The van der Waals surface area contributed by atoms with Crippen molar-refractivity contribution in [2.45, 2.75) is 51.6 Å². The smallest absolute Gasteiger partial charge is 0.127 e. The Bertz CT molecular complexity index is 426. The van der Waals surface area contributed by atoms with E-state index in [9.17, 15) is 9.50 Å². The maximum Gasteiger partial charge on any atom is 0.127 e. The molecule has 0 bridgehead atoms. The van der Waals surface area contributed by atoms with E-state index in [1.807, 2.05) is 0 Å². The highest BCUT2D eigenvalue weighted by molar-refractivity contribution is 6.31. The van der Waals surface area contributed by atoms with E-state index >= 15 is 0 Å². The molecule has 1 aromatic rings. The van der Waals surface area contributed by atoms with E-state index in [2.05, 4.69) is 13.8 Å². The molecule has 106 valence electrons. The second-order valence-corrected chi connectivity index (χ2v) is 6.61. The molecule has 1 aromatic carbocycles. The summed E-state index contributed by atoms with van der Waals surface area (Å²) >= 11 is 6.06. The molecule has 0 radical (unpaired) electrons. The second kappa shape index (κ2) is 5.80. The third kappa shape index (κ3) is 3.49. The zero-order valence-electron chi connectivity index (χ0n) is 11.6. The number of halogens is 2. The molecule has 0 aliphatic heterocycles. The summed E-state index contributed by atoms with van der Waals surface area (Å²) in [6.07, 6.45) is 3.97. The molecule has 0 spiro atoms. The van der Waals surface area contributed by atoms with Gasteiger partial charge in [-0.2, -0.15) is 0 Å². The molecule has 19 heavy (non-hydrogen) atoms. The third-order valence-corrected chi connectivity index (χ3v) is 4.72. The summed E-state index contributed by atoms with van der Waals surface area (Å²) in [7, 11) is 0. The second-order valence-electron chi connectivity index (χ2n) is 6.20. The molecule has 0 aromatic heterocycles. The molecule has 1 nitrogen and oxygen atoms in total. The minimum absolute atomic E-state index is 0.312. The van der Waals surface area contributed by atoms with Crippen LogP contribution >= 0.6 is 11.6 Å². The zero-order valence-corrected chi connectivity index (χ0v) is 12.4. The van der Waals surface area contributed by atoms with Gasteiger partial charge in [0.15, 0.2) is 0 Å². The normalized spacial score (nSPS) is 27.8. The van der Waals surface area contributed by atoms with Crippen LogP contribution in [0.4, 0.5) is 4.39 Å². The van der Waals surface area contributed by atoms with Crippen LogP contribution in [0.5, 0.6) is 0 Å². The summed E-state index contributed by atoms with van der Waals surface area (Å²) in [5, 5.41) is 11.2. The molecule has 1 N–H and O–H groups in total. The summed E-state index contributed by atoms with van der Waals surface area (Å²) < 4.78 is 13.8. The highest BCUT2D eigenvalue weighted by Gasteiger charge is 2.36. The molecule has 1 saturated carbocycles. The molecule has 2 rings (SSSR count). The van der Waals surface area contributed by atoms with Gasteiger partial charge in [0.25, 0.3) is 0 Å². The van der Waals surface area contributed by atoms with Crippen molar-refractivity contribution in [1.82, 2.24) is 0 Å². The topological polar surface area (TPSA) is 20.2 Å². The van der Waals surface area contributed by atoms with Gasteiger partial charge in [-0.05, 0) is 43.2 Å². The van der Waals surface area contributed by atoms with Crippen LogP contribution in [0.3, 0.4) is 0 Å². The molecule has 0 saturated heterocycles. The van der Waals surface area contributed by atoms with Gasteiger partial charge in [0.05, 0.1) is 5.60 Å². The first-order chi connectivity index (χ1) is 8.91. The Hall–Kier alpha value is -0.600. The van der Waals surface area contributed by atoms with Crippen LogP contribution in [0.25, 0.3) is 0 Å². The number of rotatable bonds is 3. The van der Waals surface area contributed by atoms with Crippen molar-refractivity contribution in [3.8, 4) is 0 Å². The van der Waals surface area contributed by atoms with Gasteiger partial charge in [-0.25, -0.2) is 4.39 Å². The predicted molar refractivity (Wildman–Crippen MR) is 76.9 cm³/mol. The summed E-state index contributed by atoms with van der Waals surface area (Å²) in [5.74, 6) is 0.764. The van der Waals surface area contributed by atoms with E-state index in [1.165, 1.54) is 6.07 Å². The van der Waals surface area contributed by atoms with E-state index in [0.717, 1.165) is 25.7 Å². The Morgan fingerprint density at radius 2 is 2.21 bits per heavy atom. The van der Waals surface area contributed by atoms with Gasteiger partial charge in [-0.15, -0.1) is 0 Å². The van der Waals surface area contributed by atoms with Crippen LogP contribution in [0.1, 0.15) is 45.1 Å². The lowest BCUT2D eigenvalue weighted by Gasteiger charge is -2.39. The highest BCUT2D eigenvalue weighted by Crippen LogP contribution is 2.39. The first-order valence-corrected chi connectivity index (χ1v) is 7.44. The minimum Gasteiger partial charge on any atom is -0.390 e. The van der Waals surface area contributed by atoms with Gasteiger partial charge < -0.3 is 5.11 Å². The molecule has 1 aliphatic carbocycles. The van der Waals surface area contributed by atoms with E-state index < -0.39 is 5.60 Å². The molecule has 2 unspecified atom stereocenters. The Labute approximate surface area is 119 Å². The van der Waals surface area contributed by atoms with Crippen molar-refractivity contribution in [3.05, 3.63) is 34.6 Å². The number of benzene rings is 1. The average Bonchev–Trinajstić information content (AvgIpc) is 2.34. The van der Waals surface area contributed by atoms with Crippen LogP contribution in [0.2, 0.25) is 5.02 Å². The van der Waals surface area contributed by atoms with Crippen molar-refractivity contribution < 1.29 is 9.50 Å². The van der Waals surface area contributed by atoms with Crippen molar-refractivity contribution >= 4 is 11.6 Å². The summed E-state index contributed by atoms with van der Waals surface area (Å²) in [5.41, 5.74) is -0.352. The Balaban J connectivity index is 2.17. The lowest BCUT2D eigenvalue weighted by molar-refractivity contribution is -0.0245. The van der Waals surface area contributed by atoms with E-state index in [0.29, 0.717) is 28.8 Å². The summed E-state index contributed by atoms with van der Waals surface area (Å²) in [6.45, 7) is 4.37. The van der Waals surface area contributed by atoms with Crippen LogP contribution in [-0.2, 0) is 6.42 Å². The molecule has 3 heteroatoms. The zero-order chi connectivity index (χ0) is 14.0. The van der Waals surface area contributed by atoms with Crippen LogP contribution in [0.15, 0.2) is 18.2 Å². The Kier molecular flexibility index (Phi) is 4.52. The molecule has 2 atom stereocenters. The summed E-state index contributed by atoms with van der Waals surface area (Å²) in [6, 6.07) is 4.70. The summed E-state index contributed by atoms with van der Waals surface area (Å²) in [4.78, 5) is 0. The Morgan fingerprint density at radius 1 is 1.47 bits per heavy atom. The quantitative estimate of drug-likeness (QED) is 0.860. The Morgan fingerprint density at radius 3 is 2.84 bits per heavy atom. The van der Waals surface area contributed by atoms with Crippen molar-refractivity contribution in [2.24, 2.45) is 11.8 Å². The monoisotopic (exact) mass is 284 g/mol. The maximum absolute atomic E-state index is 13.8. The van der Waals surface area contributed by atoms with Crippen LogP contribution in [0, 0.1) is 17.7 Å².